The largest absolute Gasteiger partial charge is 0.339 e. The van der Waals surface area contributed by atoms with Gasteiger partial charge in [-0.25, -0.2) is 0 Å². The Morgan fingerprint density at radius 2 is 2.22 bits per heavy atom. The Hall–Kier alpha value is -2.74. The number of carbonyl (C=O) groups is 1. The summed E-state index contributed by atoms with van der Waals surface area (Å²) in [4.78, 5) is 19.4. The number of likely N-dealkylation sites (tertiary alicyclic amines) is 1. The number of nitrogens with two attached hydrogens (primary N) is 1. The maximum absolute atomic E-state index is 13.0. The molecule has 2 fully saturated rings. The van der Waals surface area contributed by atoms with Crippen LogP contribution in [-0.4, -0.2) is 44.2 Å². The van der Waals surface area contributed by atoms with Crippen LogP contribution in [0, 0.1) is 0 Å². The number of aromatic nitrogens is 4. The van der Waals surface area contributed by atoms with Crippen LogP contribution in [0.15, 0.2) is 28.9 Å². The minimum Gasteiger partial charge on any atom is -0.339 e. The third kappa shape index (κ3) is 2.80. The van der Waals surface area contributed by atoms with E-state index < -0.39 is 5.54 Å². The first kappa shape index (κ1) is 16.4. The molecule has 1 saturated carbocycles. The fraction of sp³-hybridized carbons (Fsp3) is 0.474. The molecule has 3 heterocycles. The predicted octanol–water partition coefficient (Wildman–Crippen LogP) is 2.30. The summed E-state index contributed by atoms with van der Waals surface area (Å²) in [5, 5.41) is 12.0. The zero-order chi connectivity index (χ0) is 18.4. The van der Waals surface area contributed by atoms with Gasteiger partial charge < -0.3 is 15.2 Å². The van der Waals surface area contributed by atoms with Crippen molar-refractivity contribution in [1.29, 1.82) is 0 Å². The summed E-state index contributed by atoms with van der Waals surface area (Å²) in [6.45, 7) is 1.32. The Kier molecular flexibility index (Phi) is 3.75. The molecule has 27 heavy (non-hydrogen) atoms. The average molecular weight is 366 g/mol. The summed E-state index contributed by atoms with van der Waals surface area (Å²) in [7, 11) is 0. The fourth-order valence-corrected chi connectivity index (χ4v) is 4.01. The van der Waals surface area contributed by atoms with Crippen molar-refractivity contribution in [3.8, 4) is 0 Å². The van der Waals surface area contributed by atoms with Crippen LogP contribution in [0.3, 0.4) is 0 Å². The molecule has 2 aliphatic rings. The van der Waals surface area contributed by atoms with Crippen molar-refractivity contribution in [2.45, 2.75) is 43.6 Å². The number of hydrogen-bond donors (Lipinski definition) is 2. The van der Waals surface area contributed by atoms with E-state index in [0.29, 0.717) is 23.8 Å². The molecule has 1 aliphatic carbocycles. The van der Waals surface area contributed by atoms with Gasteiger partial charge in [0.05, 0.1) is 23.2 Å². The summed E-state index contributed by atoms with van der Waals surface area (Å²) < 4.78 is 5.52. The zero-order valence-corrected chi connectivity index (χ0v) is 15.0. The molecular formula is C19H22N6O2. The van der Waals surface area contributed by atoms with Gasteiger partial charge in [-0.1, -0.05) is 5.16 Å². The number of rotatable bonds is 3. The van der Waals surface area contributed by atoms with E-state index in [4.69, 9.17) is 10.3 Å². The number of carbonyl (C=O) groups excluding carboxylic acids is 1. The lowest BCUT2D eigenvalue weighted by Gasteiger charge is -2.34. The SMILES string of the molecule is NC1(c2noc(C3CCCN(C(=O)c4ccc5[nH]ncc5c4)C3)n2)CCC1. The van der Waals surface area contributed by atoms with Gasteiger partial charge in [0, 0.05) is 24.0 Å². The number of amides is 1. The lowest BCUT2D eigenvalue weighted by Crippen LogP contribution is -2.44. The van der Waals surface area contributed by atoms with Crippen LogP contribution in [0.4, 0.5) is 0 Å². The van der Waals surface area contributed by atoms with Crippen molar-refractivity contribution in [1.82, 2.24) is 25.2 Å². The number of aromatic amines is 1. The Morgan fingerprint density at radius 1 is 1.33 bits per heavy atom. The van der Waals surface area contributed by atoms with Crippen LogP contribution in [0.5, 0.6) is 0 Å². The highest BCUT2D eigenvalue weighted by Gasteiger charge is 2.40. The number of H-pyrrole nitrogens is 1. The lowest BCUT2D eigenvalue weighted by molar-refractivity contribution is 0.0696. The molecule has 1 unspecified atom stereocenters. The quantitative estimate of drug-likeness (QED) is 0.735. The van der Waals surface area contributed by atoms with Crippen molar-refractivity contribution in [2.75, 3.05) is 13.1 Å². The van der Waals surface area contributed by atoms with Crippen molar-refractivity contribution in [3.05, 3.63) is 41.7 Å². The number of nitrogens with zero attached hydrogens (tertiary/aromatic N) is 4. The summed E-state index contributed by atoms with van der Waals surface area (Å²) in [5.41, 5.74) is 7.47. The Morgan fingerprint density at radius 3 is 3.04 bits per heavy atom. The van der Waals surface area contributed by atoms with Gasteiger partial charge in [-0.3, -0.25) is 9.89 Å². The molecular weight excluding hydrogens is 344 g/mol. The smallest absolute Gasteiger partial charge is 0.253 e. The molecule has 0 spiro atoms. The number of hydrogen-bond acceptors (Lipinski definition) is 6. The van der Waals surface area contributed by atoms with Gasteiger partial charge in [-0.05, 0) is 50.3 Å². The minimum absolute atomic E-state index is 0.0248. The monoisotopic (exact) mass is 366 g/mol. The summed E-state index contributed by atoms with van der Waals surface area (Å²) in [6, 6.07) is 5.61. The van der Waals surface area contributed by atoms with Crippen LogP contribution < -0.4 is 5.73 Å². The first-order chi connectivity index (χ1) is 13.1. The fourth-order valence-electron chi connectivity index (χ4n) is 4.01. The molecule has 3 aromatic rings. The molecule has 5 rings (SSSR count). The Bertz CT molecular complexity index is 989. The summed E-state index contributed by atoms with van der Waals surface area (Å²) in [6.07, 6.45) is 6.48. The van der Waals surface area contributed by atoms with Crippen molar-refractivity contribution in [2.24, 2.45) is 5.73 Å². The molecule has 140 valence electrons. The van der Waals surface area contributed by atoms with Gasteiger partial charge >= 0.3 is 0 Å². The van der Waals surface area contributed by atoms with Crippen LogP contribution >= 0.6 is 0 Å². The highest BCUT2D eigenvalue weighted by atomic mass is 16.5. The van der Waals surface area contributed by atoms with Crippen molar-refractivity contribution >= 4 is 16.8 Å². The lowest BCUT2D eigenvalue weighted by atomic mass is 9.77. The number of benzene rings is 1. The van der Waals surface area contributed by atoms with E-state index in [1.54, 1.807) is 6.20 Å². The van der Waals surface area contributed by atoms with Gasteiger partial charge in [-0.2, -0.15) is 10.1 Å². The second kappa shape index (κ2) is 6.16. The third-order valence-corrected chi connectivity index (χ3v) is 5.88. The number of piperidine rings is 1. The van der Waals surface area contributed by atoms with Crippen molar-refractivity contribution in [3.63, 3.8) is 0 Å². The molecule has 0 radical (unpaired) electrons. The number of fused-ring (bicyclic) bond motifs is 1. The minimum atomic E-state index is -0.425. The van der Waals surface area contributed by atoms with E-state index >= 15 is 0 Å². The van der Waals surface area contributed by atoms with E-state index in [1.807, 2.05) is 23.1 Å². The molecule has 8 heteroatoms. The van der Waals surface area contributed by atoms with Gasteiger partial charge in [0.2, 0.25) is 5.89 Å². The van der Waals surface area contributed by atoms with Gasteiger partial charge in [-0.15, -0.1) is 0 Å². The zero-order valence-electron chi connectivity index (χ0n) is 15.0. The molecule has 0 bridgehead atoms. The van der Waals surface area contributed by atoms with Gasteiger partial charge in [0.1, 0.15) is 0 Å². The van der Waals surface area contributed by atoms with E-state index in [9.17, 15) is 4.79 Å². The first-order valence-electron chi connectivity index (χ1n) is 9.48. The Labute approximate surface area is 156 Å². The van der Waals surface area contributed by atoms with Crippen LogP contribution in [0.25, 0.3) is 10.9 Å². The standard InChI is InChI=1S/C19H22N6O2/c20-19(6-2-7-19)18-22-16(27-24-18)13-3-1-8-25(11-13)17(26)12-4-5-15-14(9-12)10-21-23-15/h4-5,9-10,13H,1-3,6-8,11,20H2,(H,21,23). The first-order valence-corrected chi connectivity index (χ1v) is 9.48. The summed E-state index contributed by atoms with van der Waals surface area (Å²) >= 11 is 0. The molecule has 8 nitrogen and oxygen atoms in total. The Balaban J connectivity index is 1.33. The molecule has 1 aromatic carbocycles. The normalized spacial score (nSPS) is 22.0. The van der Waals surface area contributed by atoms with Crippen LogP contribution in [0.1, 0.15) is 60.1 Å². The second-order valence-electron chi connectivity index (χ2n) is 7.73. The van der Waals surface area contributed by atoms with E-state index in [0.717, 1.165) is 49.6 Å². The van der Waals surface area contributed by atoms with E-state index in [2.05, 4.69) is 20.3 Å². The topological polar surface area (TPSA) is 114 Å². The molecule has 2 aromatic heterocycles. The molecule has 1 saturated heterocycles. The average Bonchev–Trinajstić information content (AvgIpc) is 3.34. The van der Waals surface area contributed by atoms with E-state index in [-0.39, 0.29) is 11.8 Å². The maximum Gasteiger partial charge on any atom is 0.253 e. The van der Waals surface area contributed by atoms with Gasteiger partial charge in [0.25, 0.3) is 5.91 Å². The highest BCUT2D eigenvalue weighted by molar-refractivity contribution is 5.97. The predicted molar refractivity (Wildman–Crippen MR) is 98.0 cm³/mol. The maximum atomic E-state index is 13.0. The van der Waals surface area contributed by atoms with Crippen molar-refractivity contribution < 1.29 is 9.32 Å². The van der Waals surface area contributed by atoms with Crippen LogP contribution in [0.2, 0.25) is 0 Å². The molecule has 1 atom stereocenters. The molecule has 3 N–H and O–H groups in total. The van der Waals surface area contributed by atoms with Crippen LogP contribution in [-0.2, 0) is 5.54 Å². The van der Waals surface area contributed by atoms with Gasteiger partial charge in [0.15, 0.2) is 5.82 Å². The number of nitrogens with one attached hydrogen (secondary N) is 1. The summed E-state index contributed by atoms with van der Waals surface area (Å²) in [5.74, 6) is 1.30. The third-order valence-electron chi connectivity index (χ3n) is 5.88. The highest BCUT2D eigenvalue weighted by Crippen LogP contribution is 2.38. The second-order valence-corrected chi connectivity index (χ2v) is 7.73. The van der Waals surface area contributed by atoms with E-state index in [1.165, 1.54) is 0 Å². The molecule has 1 amide bonds. The molecule has 1 aliphatic heterocycles.